The Hall–Kier alpha value is -4.79. The molecule has 5 N–H and O–H groups in total. The molecule has 1 aliphatic heterocycles. The summed E-state index contributed by atoms with van der Waals surface area (Å²) in [7, 11) is -2.34. The molecule has 2 amide bonds. The van der Waals surface area contributed by atoms with Crippen molar-refractivity contribution in [1.29, 1.82) is 0 Å². The van der Waals surface area contributed by atoms with Gasteiger partial charge in [0.15, 0.2) is 23.1 Å². The van der Waals surface area contributed by atoms with E-state index in [1.807, 2.05) is 0 Å². The van der Waals surface area contributed by atoms with Gasteiger partial charge in [-0.05, 0) is 80.2 Å². The van der Waals surface area contributed by atoms with Crippen LogP contribution in [-0.4, -0.2) is 58.6 Å². The molecule has 1 fully saturated rings. The van der Waals surface area contributed by atoms with Crippen molar-refractivity contribution in [2.45, 2.75) is 24.2 Å². The maximum absolute atomic E-state index is 15.5. The molecule has 0 unspecified atom stereocenters. The number of fused-ring (bicyclic) bond motifs is 1. The average Bonchev–Trinajstić information content (AvgIpc) is 3.04. The summed E-state index contributed by atoms with van der Waals surface area (Å²) in [4.78, 5) is 29.9. The third-order valence-electron chi connectivity index (χ3n) is 7.70. The molecule has 1 aromatic heterocycles. The lowest BCUT2D eigenvalue weighted by molar-refractivity contribution is -0.135. The Kier molecular flexibility index (Phi) is 9.99. The van der Waals surface area contributed by atoms with Crippen LogP contribution in [0.25, 0.3) is 10.9 Å². The highest BCUT2D eigenvalue weighted by Crippen LogP contribution is 2.38. The van der Waals surface area contributed by atoms with Crippen molar-refractivity contribution in [2.75, 3.05) is 38.3 Å². The van der Waals surface area contributed by atoms with E-state index in [1.54, 1.807) is 18.2 Å². The molecule has 46 heavy (non-hydrogen) atoms. The van der Waals surface area contributed by atoms with E-state index in [-0.39, 0.29) is 29.3 Å². The summed E-state index contributed by atoms with van der Waals surface area (Å²) in [6.45, 7) is 2.43. The molecular formula is C32H34FN5O7S. The lowest BCUT2D eigenvalue weighted by atomic mass is 9.99. The van der Waals surface area contributed by atoms with Crippen LogP contribution in [0.5, 0.6) is 23.0 Å². The summed E-state index contributed by atoms with van der Waals surface area (Å²) in [5.41, 5.74) is 6.55. The molecule has 14 heteroatoms. The number of primary amides is 1. The smallest absolute Gasteiger partial charge is 0.316 e. The fraction of sp³-hybridized carbons (Fsp3) is 0.281. The van der Waals surface area contributed by atoms with Crippen molar-refractivity contribution in [2.24, 2.45) is 16.8 Å². The van der Waals surface area contributed by atoms with Gasteiger partial charge in [-0.3, -0.25) is 14.6 Å². The Balaban J connectivity index is 1.35. The molecule has 0 bridgehead atoms. The zero-order chi connectivity index (χ0) is 32.8. The van der Waals surface area contributed by atoms with E-state index in [0.717, 1.165) is 36.9 Å². The number of halogens is 1. The number of pyridine rings is 1. The van der Waals surface area contributed by atoms with Gasteiger partial charge in [-0.2, -0.15) is 0 Å². The van der Waals surface area contributed by atoms with Gasteiger partial charge in [0.25, 0.3) is 0 Å². The van der Waals surface area contributed by atoms with Crippen LogP contribution >= 0.6 is 0 Å². The molecule has 0 spiro atoms. The Bertz CT molecular complexity index is 1850. The summed E-state index contributed by atoms with van der Waals surface area (Å²) in [6.07, 6.45) is 3.80. The predicted molar refractivity (Wildman–Crippen MR) is 169 cm³/mol. The average molecular weight is 652 g/mol. The van der Waals surface area contributed by atoms with Crippen LogP contribution in [-0.2, 0) is 26.0 Å². The minimum Gasteiger partial charge on any atom is -0.493 e. The number of hydrogen-bond donors (Lipinski definition) is 3. The molecule has 0 saturated carbocycles. The number of piperidine rings is 1. The fourth-order valence-corrected chi connectivity index (χ4v) is 5.69. The molecule has 12 nitrogen and oxygen atoms in total. The van der Waals surface area contributed by atoms with Crippen molar-refractivity contribution in [3.63, 3.8) is 0 Å². The van der Waals surface area contributed by atoms with Gasteiger partial charge in [-0.1, -0.05) is 12.1 Å². The summed E-state index contributed by atoms with van der Waals surface area (Å²) >= 11 is 0. The van der Waals surface area contributed by atoms with Crippen LogP contribution in [0.3, 0.4) is 0 Å². The molecule has 0 atom stereocenters. The number of primary sulfonamides is 1. The number of amides is 2. The highest BCUT2D eigenvalue weighted by molar-refractivity contribution is 7.89. The maximum atomic E-state index is 15.5. The van der Waals surface area contributed by atoms with Crippen molar-refractivity contribution < 1.29 is 36.6 Å². The first-order valence-electron chi connectivity index (χ1n) is 14.5. The quantitative estimate of drug-likeness (QED) is 0.206. The van der Waals surface area contributed by atoms with Crippen LogP contribution in [0.1, 0.15) is 18.4 Å². The number of carbonyl (C=O) groups excluding carboxylic acids is 2. The third kappa shape index (κ3) is 7.70. The molecule has 2 heterocycles. The van der Waals surface area contributed by atoms with Gasteiger partial charge in [-0.25, -0.2) is 17.9 Å². The largest absolute Gasteiger partial charge is 0.493 e. The summed E-state index contributed by atoms with van der Waals surface area (Å²) in [6, 6.07) is 14.6. The zero-order valence-electron chi connectivity index (χ0n) is 25.1. The number of ether oxygens (including phenoxy) is 3. The SMILES string of the molecule is COc1cc2c(Oc3ccc(N(CCc4ccc(S(N)(=O)=O)cc4)C(=O)C(N)=O)cc3F)ccnc2cc1OCC1CCNCC1. The number of nitrogens with two attached hydrogens (primary N) is 2. The van der Waals surface area contributed by atoms with Crippen molar-refractivity contribution in [1.82, 2.24) is 10.3 Å². The van der Waals surface area contributed by atoms with Gasteiger partial charge in [-0.15, -0.1) is 0 Å². The molecule has 0 radical (unpaired) electrons. The summed E-state index contributed by atoms with van der Waals surface area (Å²) in [5, 5.41) is 9.05. The maximum Gasteiger partial charge on any atom is 0.316 e. The fourth-order valence-electron chi connectivity index (χ4n) is 5.17. The third-order valence-corrected chi connectivity index (χ3v) is 8.63. The number of methoxy groups -OCH3 is 1. The molecular weight excluding hydrogens is 617 g/mol. The molecule has 242 valence electrons. The second-order valence-electron chi connectivity index (χ2n) is 10.8. The minimum absolute atomic E-state index is 0.0486. The van der Waals surface area contributed by atoms with Crippen LogP contribution < -0.4 is 35.3 Å². The number of rotatable bonds is 11. The van der Waals surface area contributed by atoms with Gasteiger partial charge in [0.05, 0.1) is 24.1 Å². The molecule has 3 aromatic carbocycles. The van der Waals surface area contributed by atoms with E-state index in [1.165, 1.54) is 49.7 Å². The topological polar surface area (TPSA) is 176 Å². The standard InChI is InChI=1S/C32H34FN5O7S/c1-43-29-17-24-26(18-30(29)44-19-21-8-12-36-13-9-21)37-14-10-27(24)45-28-7-4-22(16-25(28)33)38(32(40)31(34)39)15-11-20-2-5-23(6-3-20)46(35,41)42/h2-7,10,14,16-18,21,36H,8-9,11-13,15,19H2,1H3,(H2,34,39)(H2,35,41,42). The van der Waals surface area contributed by atoms with E-state index in [0.29, 0.717) is 46.2 Å². The lowest BCUT2D eigenvalue weighted by Gasteiger charge is -2.23. The number of nitrogens with one attached hydrogen (secondary N) is 1. The normalized spacial score (nSPS) is 13.7. The highest BCUT2D eigenvalue weighted by atomic mass is 32.2. The number of hydrogen-bond acceptors (Lipinski definition) is 9. The first-order valence-corrected chi connectivity index (χ1v) is 16.1. The first kappa shape index (κ1) is 32.6. The number of anilines is 1. The van der Waals surface area contributed by atoms with Crippen LogP contribution in [0.15, 0.2) is 71.8 Å². The number of carbonyl (C=O) groups is 2. The summed E-state index contributed by atoms with van der Waals surface area (Å²) in [5.74, 6) is -1.41. The zero-order valence-corrected chi connectivity index (χ0v) is 25.9. The molecule has 1 aliphatic rings. The molecule has 4 aromatic rings. The monoisotopic (exact) mass is 651 g/mol. The van der Waals surface area contributed by atoms with Gasteiger partial charge >= 0.3 is 11.8 Å². The lowest BCUT2D eigenvalue weighted by Crippen LogP contribution is -2.41. The molecule has 1 saturated heterocycles. The minimum atomic E-state index is -3.87. The van der Waals surface area contributed by atoms with E-state index >= 15 is 4.39 Å². The van der Waals surface area contributed by atoms with E-state index in [9.17, 15) is 18.0 Å². The Morgan fingerprint density at radius 2 is 1.74 bits per heavy atom. The van der Waals surface area contributed by atoms with Crippen molar-refractivity contribution in [3.05, 3.63) is 78.2 Å². The van der Waals surface area contributed by atoms with Gasteiger partial charge in [0.1, 0.15) is 5.75 Å². The Morgan fingerprint density at radius 3 is 2.39 bits per heavy atom. The van der Waals surface area contributed by atoms with Gasteiger partial charge in [0, 0.05) is 35.9 Å². The summed E-state index contributed by atoms with van der Waals surface area (Å²) < 4.78 is 56.1. The van der Waals surface area contributed by atoms with Gasteiger partial charge in [0.2, 0.25) is 10.0 Å². The van der Waals surface area contributed by atoms with Crippen molar-refractivity contribution in [3.8, 4) is 23.0 Å². The molecule has 5 rings (SSSR count). The van der Waals surface area contributed by atoms with Crippen LogP contribution in [0, 0.1) is 11.7 Å². The predicted octanol–water partition coefficient (Wildman–Crippen LogP) is 3.26. The van der Waals surface area contributed by atoms with E-state index < -0.39 is 27.7 Å². The van der Waals surface area contributed by atoms with Crippen LogP contribution in [0.4, 0.5) is 10.1 Å². The van der Waals surface area contributed by atoms with E-state index in [2.05, 4.69) is 10.3 Å². The van der Waals surface area contributed by atoms with Gasteiger partial charge < -0.3 is 30.2 Å². The number of nitrogens with zero attached hydrogens (tertiary/aromatic N) is 2. The Labute approximate surface area is 265 Å². The first-order chi connectivity index (χ1) is 22.0. The van der Waals surface area contributed by atoms with E-state index in [4.69, 9.17) is 25.1 Å². The number of aromatic nitrogens is 1. The number of sulfonamides is 1. The van der Waals surface area contributed by atoms with Crippen molar-refractivity contribution >= 4 is 38.4 Å². The Morgan fingerprint density at radius 1 is 1.00 bits per heavy atom. The second-order valence-corrected chi connectivity index (χ2v) is 12.4. The molecule has 0 aliphatic carbocycles. The second kappa shape index (κ2) is 14.1. The number of benzene rings is 3. The van der Waals surface area contributed by atoms with Crippen LogP contribution in [0.2, 0.25) is 0 Å². The highest BCUT2D eigenvalue weighted by Gasteiger charge is 2.23.